The number of fused-ring (bicyclic) bond motifs is 1. The molecular formula is C18H16BrNO6. The summed E-state index contributed by atoms with van der Waals surface area (Å²) in [6, 6.07) is 9.83. The molecule has 1 N–H and O–H groups in total. The maximum absolute atomic E-state index is 12.0. The van der Waals surface area contributed by atoms with E-state index in [0.717, 1.165) is 0 Å². The average molecular weight is 422 g/mol. The number of halogens is 1. The van der Waals surface area contributed by atoms with Crippen LogP contribution < -0.4 is 19.5 Å². The molecule has 1 aliphatic rings. The first kappa shape index (κ1) is 18.1. The first-order valence-electron chi connectivity index (χ1n) is 7.77. The Morgan fingerprint density at radius 2 is 1.88 bits per heavy atom. The van der Waals surface area contributed by atoms with Gasteiger partial charge in [-0.1, -0.05) is 0 Å². The molecule has 136 valence electrons. The molecule has 7 nitrogen and oxygen atoms in total. The minimum absolute atomic E-state index is 0.310. The van der Waals surface area contributed by atoms with Crippen molar-refractivity contribution in [3.05, 3.63) is 46.4 Å². The van der Waals surface area contributed by atoms with Gasteiger partial charge in [0.25, 0.3) is 5.91 Å². The van der Waals surface area contributed by atoms with Gasteiger partial charge in [0.15, 0.2) is 18.1 Å². The molecule has 1 heterocycles. The first-order valence-corrected chi connectivity index (χ1v) is 8.56. The maximum Gasteiger partial charge on any atom is 0.338 e. The van der Waals surface area contributed by atoms with Gasteiger partial charge in [0, 0.05) is 11.8 Å². The second-order valence-corrected chi connectivity index (χ2v) is 6.19. The van der Waals surface area contributed by atoms with E-state index < -0.39 is 18.5 Å². The predicted octanol–water partition coefficient (Wildman–Crippen LogP) is 3.02. The van der Waals surface area contributed by atoms with Crippen LogP contribution in [-0.4, -0.2) is 38.8 Å². The summed E-state index contributed by atoms with van der Waals surface area (Å²) in [6.45, 7) is 0.548. The largest absolute Gasteiger partial charge is 0.496 e. The van der Waals surface area contributed by atoms with Crippen molar-refractivity contribution in [3.63, 3.8) is 0 Å². The van der Waals surface area contributed by atoms with Gasteiger partial charge >= 0.3 is 5.97 Å². The van der Waals surface area contributed by atoms with Crippen molar-refractivity contribution in [2.75, 3.05) is 32.2 Å². The summed E-state index contributed by atoms with van der Waals surface area (Å²) in [7, 11) is 1.53. The monoisotopic (exact) mass is 421 g/mol. The van der Waals surface area contributed by atoms with Crippen molar-refractivity contribution in [2.24, 2.45) is 0 Å². The Balaban J connectivity index is 1.55. The van der Waals surface area contributed by atoms with Gasteiger partial charge in [0.2, 0.25) is 0 Å². The number of esters is 1. The third-order valence-corrected chi connectivity index (χ3v) is 4.17. The fourth-order valence-corrected chi connectivity index (χ4v) is 2.87. The number of amides is 1. The first-order chi connectivity index (χ1) is 12.6. The molecule has 0 spiro atoms. The lowest BCUT2D eigenvalue weighted by atomic mass is 10.2. The summed E-state index contributed by atoms with van der Waals surface area (Å²) in [5.41, 5.74) is 0.840. The third-order valence-electron chi connectivity index (χ3n) is 3.55. The van der Waals surface area contributed by atoms with Crippen LogP contribution in [-0.2, 0) is 9.53 Å². The average Bonchev–Trinajstić information content (AvgIpc) is 2.66. The predicted molar refractivity (Wildman–Crippen MR) is 97.0 cm³/mol. The van der Waals surface area contributed by atoms with Gasteiger partial charge in [0.1, 0.15) is 19.0 Å². The Labute approximate surface area is 158 Å². The van der Waals surface area contributed by atoms with Crippen molar-refractivity contribution in [2.45, 2.75) is 0 Å². The zero-order valence-electron chi connectivity index (χ0n) is 13.9. The number of methoxy groups -OCH3 is 1. The van der Waals surface area contributed by atoms with Crippen LogP contribution >= 0.6 is 15.9 Å². The number of rotatable bonds is 5. The molecule has 0 aliphatic carbocycles. The van der Waals surface area contributed by atoms with Crippen LogP contribution in [0, 0.1) is 0 Å². The highest BCUT2D eigenvalue weighted by molar-refractivity contribution is 9.10. The van der Waals surface area contributed by atoms with E-state index in [4.69, 9.17) is 18.9 Å². The van der Waals surface area contributed by atoms with Gasteiger partial charge in [-0.15, -0.1) is 0 Å². The number of hydrogen-bond acceptors (Lipinski definition) is 6. The number of ether oxygens (including phenoxy) is 4. The third kappa shape index (κ3) is 4.26. The van der Waals surface area contributed by atoms with Gasteiger partial charge in [0.05, 0.1) is 17.1 Å². The lowest BCUT2D eigenvalue weighted by molar-refractivity contribution is -0.119. The zero-order chi connectivity index (χ0) is 18.5. The van der Waals surface area contributed by atoms with Crippen LogP contribution in [0.4, 0.5) is 5.69 Å². The Hall–Kier alpha value is -2.74. The zero-order valence-corrected chi connectivity index (χ0v) is 15.5. The van der Waals surface area contributed by atoms with E-state index in [1.54, 1.807) is 36.4 Å². The molecule has 26 heavy (non-hydrogen) atoms. The quantitative estimate of drug-likeness (QED) is 0.747. The van der Waals surface area contributed by atoms with Crippen LogP contribution in [0.1, 0.15) is 10.4 Å². The van der Waals surface area contributed by atoms with E-state index in [9.17, 15) is 9.59 Å². The topological polar surface area (TPSA) is 83.1 Å². The fourth-order valence-electron chi connectivity index (χ4n) is 2.33. The lowest BCUT2D eigenvalue weighted by Crippen LogP contribution is -2.21. The number of anilines is 1. The molecular weight excluding hydrogens is 406 g/mol. The summed E-state index contributed by atoms with van der Waals surface area (Å²) < 4.78 is 21.6. The van der Waals surface area contributed by atoms with Gasteiger partial charge in [-0.2, -0.15) is 0 Å². The normalized spacial score (nSPS) is 12.2. The van der Waals surface area contributed by atoms with E-state index >= 15 is 0 Å². The summed E-state index contributed by atoms with van der Waals surface area (Å²) in [4.78, 5) is 24.0. The van der Waals surface area contributed by atoms with E-state index in [1.165, 1.54) is 7.11 Å². The van der Waals surface area contributed by atoms with E-state index in [-0.39, 0.29) is 0 Å². The molecule has 0 saturated carbocycles. The standard InChI is InChI=1S/C18H16BrNO6/c1-23-14-4-2-11(8-13(14)19)18(22)26-10-17(21)20-12-3-5-15-16(9-12)25-7-6-24-15/h2-5,8-9H,6-7,10H2,1H3,(H,20,21). The van der Waals surface area contributed by atoms with Gasteiger partial charge in [-0.05, 0) is 46.3 Å². The fraction of sp³-hybridized carbons (Fsp3) is 0.222. The van der Waals surface area contributed by atoms with Crippen molar-refractivity contribution >= 4 is 33.5 Å². The van der Waals surface area contributed by atoms with Gasteiger partial charge in [-0.3, -0.25) is 4.79 Å². The van der Waals surface area contributed by atoms with Crippen molar-refractivity contribution in [1.82, 2.24) is 0 Å². The summed E-state index contributed by atoms with van der Waals surface area (Å²) in [5.74, 6) is 0.728. The molecule has 0 atom stereocenters. The van der Waals surface area contributed by atoms with Crippen LogP contribution in [0.3, 0.4) is 0 Å². The maximum atomic E-state index is 12.0. The highest BCUT2D eigenvalue weighted by Gasteiger charge is 2.15. The minimum atomic E-state index is -0.606. The minimum Gasteiger partial charge on any atom is -0.496 e. The van der Waals surface area contributed by atoms with Gasteiger partial charge < -0.3 is 24.3 Å². The Bertz CT molecular complexity index is 838. The summed E-state index contributed by atoms with van der Waals surface area (Å²) >= 11 is 3.30. The summed E-state index contributed by atoms with van der Waals surface area (Å²) in [5, 5.41) is 2.65. The molecule has 8 heteroatoms. The van der Waals surface area contributed by atoms with E-state index in [0.29, 0.717) is 46.2 Å². The molecule has 0 unspecified atom stereocenters. The Morgan fingerprint density at radius 3 is 2.62 bits per heavy atom. The Morgan fingerprint density at radius 1 is 1.12 bits per heavy atom. The second kappa shape index (κ2) is 8.09. The van der Waals surface area contributed by atoms with Crippen molar-refractivity contribution < 1.29 is 28.5 Å². The van der Waals surface area contributed by atoms with Crippen LogP contribution in [0.2, 0.25) is 0 Å². The molecule has 2 aromatic rings. The Kier molecular flexibility index (Phi) is 5.62. The molecule has 0 bridgehead atoms. The van der Waals surface area contributed by atoms with E-state index in [2.05, 4.69) is 21.2 Å². The summed E-state index contributed by atoms with van der Waals surface area (Å²) in [6.07, 6.45) is 0. The molecule has 1 aliphatic heterocycles. The van der Waals surface area contributed by atoms with Crippen LogP contribution in [0.25, 0.3) is 0 Å². The molecule has 0 aromatic heterocycles. The van der Waals surface area contributed by atoms with Crippen LogP contribution in [0.15, 0.2) is 40.9 Å². The molecule has 1 amide bonds. The van der Waals surface area contributed by atoms with Crippen molar-refractivity contribution in [3.8, 4) is 17.2 Å². The lowest BCUT2D eigenvalue weighted by Gasteiger charge is -2.19. The number of nitrogens with one attached hydrogen (secondary N) is 1. The number of carbonyl (C=O) groups excluding carboxylic acids is 2. The number of hydrogen-bond donors (Lipinski definition) is 1. The van der Waals surface area contributed by atoms with Crippen LogP contribution in [0.5, 0.6) is 17.2 Å². The molecule has 2 aromatic carbocycles. The second-order valence-electron chi connectivity index (χ2n) is 5.33. The molecule has 3 rings (SSSR count). The van der Waals surface area contributed by atoms with E-state index in [1.807, 2.05) is 0 Å². The highest BCUT2D eigenvalue weighted by Crippen LogP contribution is 2.32. The molecule has 0 fully saturated rings. The SMILES string of the molecule is COc1ccc(C(=O)OCC(=O)Nc2ccc3c(c2)OCCO3)cc1Br. The number of benzene rings is 2. The number of carbonyl (C=O) groups is 2. The molecule has 0 radical (unpaired) electrons. The van der Waals surface area contributed by atoms with Crippen molar-refractivity contribution in [1.29, 1.82) is 0 Å². The highest BCUT2D eigenvalue weighted by atomic mass is 79.9. The smallest absolute Gasteiger partial charge is 0.338 e. The van der Waals surface area contributed by atoms with Gasteiger partial charge in [-0.25, -0.2) is 4.79 Å². The molecule has 0 saturated heterocycles.